The SMILES string of the molecule is CCCOCC(N)c1ccc(C)c(C)c1OC. The molecule has 0 fully saturated rings. The van der Waals surface area contributed by atoms with Crippen LogP contribution in [0, 0.1) is 13.8 Å². The largest absolute Gasteiger partial charge is 0.496 e. The molecule has 0 spiro atoms. The quantitative estimate of drug-likeness (QED) is 0.774. The van der Waals surface area contributed by atoms with Crippen LogP contribution >= 0.6 is 0 Å². The summed E-state index contributed by atoms with van der Waals surface area (Å²) in [6.07, 6.45) is 1.01. The van der Waals surface area contributed by atoms with Crippen LogP contribution in [0.2, 0.25) is 0 Å². The Labute approximate surface area is 104 Å². The molecule has 0 saturated carbocycles. The molecular weight excluding hydrogens is 214 g/mol. The average molecular weight is 237 g/mol. The van der Waals surface area contributed by atoms with E-state index in [2.05, 4.69) is 26.8 Å². The van der Waals surface area contributed by atoms with Gasteiger partial charge in [0.2, 0.25) is 0 Å². The minimum Gasteiger partial charge on any atom is -0.496 e. The van der Waals surface area contributed by atoms with Crippen LogP contribution in [0.15, 0.2) is 12.1 Å². The Morgan fingerprint density at radius 3 is 2.59 bits per heavy atom. The van der Waals surface area contributed by atoms with Crippen LogP contribution in [-0.2, 0) is 4.74 Å². The third-order valence-electron chi connectivity index (χ3n) is 2.96. The van der Waals surface area contributed by atoms with E-state index in [1.54, 1.807) is 7.11 Å². The standard InChI is InChI=1S/C14H23NO2/c1-5-8-17-9-13(15)12-7-6-10(2)11(3)14(12)16-4/h6-7,13H,5,8-9,15H2,1-4H3. The topological polar surface area (TPSA) is 44.5 Å². The molecule has 0 aliphatic rings. The van der Waals surface area contributed by atoms with Crippen LogP contribution in [0.1, 0.15) is 36.1 Å². The molecule has 0 bridgehead atoms. The van der Waals surface area contributed by atoms with Gasteiger partial charge in [-0.25, -0.2) is 0 Å². The Balaban J connectivity index is 2.85. The Hall–Kier alpha value is -1.06. The van der Waals surface area contributed by atoms with Crippen LogP contribution in [0.25, 0.3) is 0 Å². The number of aryl methyl sites for hydroxylation is 1. The van der Waals surface area contributed by atoms with Crippen molar-refractivity contribution in [1.82, 2.24) is 0 Å². The molecule has 2 N–H and O–H groups in total. The summed E-state index contributed by atoms with van der Waals surface area (Å²) < 4.78 is 10.9. The normalized spacial score (nSPS) is 12.5. The second-order valence-corrected chi connectivity index (χ2v) is 4.31. The van der Waals surface area contributed by atoms with Gasteiger partial charge in [0, 0.05) is 12.2 Å². The highest BCUT2D eigenvalue weighted by Gasteiger charge is 2.15. The Kier molecular flexibility index (Phi) is 5.45. The molecule has 0 aliphatic heterocycles. The number of methoxy groups -OCH3 is 1. The van der Waals surface area contributed by atoms with E-state index >= 15 is 0 Å². The van der Waals surface area contributed by atoms with E-state index in [1.165, 1.54) is 5.56 Å². The van der Waals surface area contributed by atoms with Gasteiger partial charge in [-0.05, 0) is 31.4 Å². The van der Waals surface area contributed by atoms with Gasteiger partial charge in [-0.3, -0.25) is 0 Å². The zero-order valence-electron chi connectivity index (χ0n) is 11.2. The lowest BCUT2D eigenvalue weighted by molar-refractivity contribution is 0.121. The first-order valence-corrected chi connectivity index (χ1v) is 6.09. The number of hydrogen-bond donors (Lipinski definition) is 1. The predicted octanol–water partition coefficient (Wildman–Crippen LogP) is 2.74. The lowest BCUT2D eigenvalue weighted by Gasteiger charge is -2.18. The number of nitrogens with two attached hydrogens (primary N) is 1. The molecule has 96 valence electrons. The number of ether oxygens (including phenoxy) is 2. The highest BCUT2D eigenvalue weighted by atomic mass is 16.5. The van der Waals surface area contributed by atoms with E-state index in [1.807, 2.05) is 6.07 Å². The summed E-state index contributed by atoms with van der Waals surface area (Å²) in [5.41, 5.74) is 9.51. The summed E-state index contributed by atoms with van der Waals surface area (Å²) in [6, 6.07) is 3.98. The van der Waals surface area contributed by atoms with Gasteiger partial charge in [0.05, 0.1) is 19.8 Å². The van der Waals surface area contributed by atoms with Gasteiger partial charge in [0.1, 0.15) is 5.75 Å². The lowest BCUT2D eigenvalue weighted by Crippen LogP contribution is -2.18. The minimum atomic E-state index is -0.129. The molecule has 3 nitrogen and oxygen atoms in total. The van der Waals surface area contributed by atoms with Gasteiger partial charge < -0.3 is 15.2 Å². The molecule has 0 saturated heterocycles. The first kappa shape index (κ1) is 14.0. The van der Waals surface area contributed by atoms with Gasteiger partial charge in [0.15, 0.2) is 0 Å². The van der Waals surface area contributed by atoms with Crippen LogP contribution in [0.3, 0.4) is 0 Å². The second kappa shape index (κ2) is 6.62. The molecule has 0 heterocycles. The minimum absolute atomic E-state index is 0.129. The summed E-state index contributed by atoms with van der Waals surface area (Å²) in [5.74, 6) is 0.887. The number of hydrogen-bond acceptors (Lipinski definition) is 3. The van der Waals surface area contributed by atoms with Crippen molar-refractivity contribution < 1.29 is 9.47 Å². The van der Waals surface area contributed by atoms with Crippen molar-refractivity contribution in [3.05, 3.63) is 28.8 Å². The Morgan fingerprint density at radius 1 is 1.29 bits per heavy atom. The van der Waals surface area contributed by atoms with Crippen molar-refractivity contribution in [2.24, 2.45) is 5.73 Å². The fourth-order valence-corrected chi connectivity index (χ4v) is 1.82. The summed E-state index contributed by atoms with van der Waals surface area (Å²) in [4.78, 5) is 0. The molecule has 17 heavy (non-hydrogen) atoms. The highest BCUT2D eigenvalue weighted by molar-refractivity contribution is 5.46. The summed E-state index contributed by atoms with van der Waals surface area (Å²) >= 11 is 0. The van der Waals surface area contributed by atoms with Gasteiger partial charge in [-0.1, -0.05) is 19.1 Å². The van der Waals surface area contributed by atoms with Crippen LogP contribution in [0.4, 0.5) is 0 Å². The van der Waals surface area contributed by atoms with Crippen molar-refractivity contribution in [2.75, 3.05) is 20.3 Å². The van der Waals surface area contributed by atoms with Crippen LogP contribution in [0.5, 0.6) is 5.75 Å². The molecular formula is C14H23NO2. The molecule has 0 amide bonds. The van der Waals surface area contributed by atoms with Crippen molar-refractivity contribution in [1.29, 1.82) is 0 Å². The van der Waals surface area contributed by atoms with Crippen molar-refractivity contribution in [2.45, 2.75) is 33.2 Å². The van der Waals surface area contributed by atoms with Gasteiger partial charge in [-0.15, -0.1) is 0 Å². The zero-order chi connectivity index (χ0) is 12.8. The smallest absolute Gasteiger partial charge is 0.126 e. The van der Waals surface area contributed by atoms with Crippen molar-refractivity contribution >= 4 is 0 Å². The maximum absolute atomic E-state index is 6.13. The maximum Gasteiger partial charge on any atom is 0.126 e. The third kappa shape index (κ3) is 3.45. The molecule has 3 heteroatoms. The van der Waals surface area contributed by atoms with E-state index in [4.69, 9.17) is 15.2 Å². The monoisotopic (exact) mass is 237 g/mol. The van der Waals surface area contributed by atoms with Crippen molar-refractivity contribution in [3.63, 3.8) is 0 Å². The van der Waals surface area contributed by atoms with Crippen LogP contribution in [-0.4, -0.2) is 20.3 Å². The van der Waals surface area contributed by atoms with Gasteiger partial charge in [0.25, 0.3) is 0 Å². The molecule has 1 unspecified atom stereocenters. The molecule has 1 aromatic carbocycles. The molecule has 0 aromatic heterocycles. The van der Waals surface area contributed by atoms with Crippen molar-refractivity contribution in [3.8, 4) is 5.75 Å². The van der Waals surface area contributed by atoms with Gasteiger partial charge >= 0.3 is 0 Å². The van der Waals surface area contributed by atoms with E-state index in [9.17, 15) is 0 Å². The van der Waals surface area contributed by atoms with Crippen LogP contribution < -0.4 is 10.5 Å². The number of benzene rings is 1. The fraction of sp³-hybridized carbons (Fsp3) is 0.571. The second-order valence-electron chi connectivity index (χ2n) is 4.31. The average Bonchev–Trinajstić information content (AvgIpc) is 2.32. The molecule has 1 aromatic rings. The molecule has 0 radical (unpaired) electrons. The molecule has 1 atom stereocenters. The third-order valence-corrected chi connectivity index (χ3v) is 2.96. The maximum atomic E-state index is 6.13. The van der Waals surface area contributed by atoms with Gasteiger partial charge in [-0.2, -0.15) is 0 Å². The van der Waals surface area contributed by atoms with E-state index in [0.717, 1.165) is 29.9 Å². The number of rotatable bonds is 6. The highest BCUT2D eigenvalue weighted by Crippen LogP contribution is 2.29. The lowest BCUT2D eigenvalue weighted by atomic mass is 10.00. The predicted molar refractivity (Wildman–Crippen MR) is 70.5 cm³/mol. The molecule has 1 rings (SSSR count). The van der Waals surface area contributed by atoms with E-state index < -0.39 is 0 Å². The Bertz CT molecular complexity index is 363. The summed E-state index contributed by atoms with van der Waals surface area (Å²) in [6.45, 7) is 7.49. The first-order valence-electron chi connectivity index (χ1n) is 6.09. The van der Waals surface area contributed by atoms with E-state index in [-0.39, 0.29) is 6.04 Å². The first-order chi connectivity index (χ1) is 8.11. The Morgan fingerprint density at radius 2 is 2.00 bits per heavy atom. The summed E-state index contributed by atoms with van der Waals surface area (Å²) in [5, 5.41) is 0. The zero-order valence-corrected chi connectivity index (χ0v) is 11.2. The fourth-order valence-electron chi connectivity index (χ4n) is 1.82. The van der Waals surface area contributed by atoms with E-state index in [0.29, 0.717) is 6.61 Å². The molecule has 0 aliphatic carbocycles. The summed E-state index contributed by atoms with van der Waals surface area (Å²) in [7, 11) is 1.69.